The molecule has 0 heterocycles. The molecule has 0 saturated carbocycles. The van der Waals surface area contributed by atoms with Crippen molar-refractivity contribution in [2.45, 2.75) is 0 Å². The first kappa shape index (κ1) is 25.5. The molecular weight excluding hydrogens is 322 g/mol. The molecule has 0 aliphatic rings. The number of hydrogen-bond acceptors (Lipinski definition) is 0. The summed E-state index contributed by atoms with van der Waals surface area (Å²) < 4.78 is 0. The van der Waals surface area contributed by atoms with Crippen molar-refractivity contribution >= 4 is 123 Å². The van der Waals surface area contributed by atoms with Crippen LogP contribution >= 0.6 is 36.4 Å². The summed E-state index contributed by atoms with van der Waals surface area (Å²) >= 11 is 0. The maximum atomic E-state index is 0. The summed E-state index contributed by atoms with van der Waals surface area (Å²) in [5.74, 6) is 0. The topological polar surface area (TPSA) is 0 Å². The van der Waals surface area contributed by atoms with Gasteiger partial charge < -0.3 is 0 Å². The Balaban J connectivity index is 0. The van der Waals surface area contributed by atoms with Gasteiger partial charge in [0.25, 0.3) is 0 Å². The van der Waals surface area contributed by atoms with Crippen LogP contribution in [-0.4, -0.2) is 86.3 Å². The summed E-state index contributed by atoms with van der Waals surface area (Å²) in [5, 5.41) is 0. The van der Waals surface area contributed by atoms with Crippen LogP contribution < -0.4 is 0 Å². The van der Waals surface area contributed by atoms with Crippen LogP contribution in [0.3, 0.4) is 0 Å². The van der Waals surface area contributed by atoms with Crippen LogP contribution in [0.4, 0.5) is 0 Å². The van der Waals surface area contributed by atoms with Gasteiger partial charge in [0, 0.05) is 0 Å². The van der Waals surface area contributed by atoms with Crippen LogP contribution in [0.1, 0.15) is 0 Å². The van der Waals surface area contributed by atoms with E-state index in [0.717, 1.165) is 0 Å². The third kappa shape index (κ3) is 9.15. The van der Waals surface area contributed by atoms with E-state index in [0.29, 0.717) is 0 Å². The van der Waals surface area contributed by atoms with Crippen LogP contribution in [0.2, 0.25) is 0 Å². The summed E-state index contributed by atoms with van der Waals surface area (Å²) in [7, 11) is 0. The molecule has 0 atom stereocenters. The molecular formula is H6AlClCsI. The Morgan fingerprint density at radius 2 is 1.00 bits per heavy atom. The van der Waals surface area contributed by atoms with Crippen LogP contribution in [0.5, 0.6) is 0 Å². The van der Waals surface area contributed by atoms with E-state index in [9.17, 15) is 0 Å². The van der Waals surface area contributed by atoms with Crippen molar-refractivity contribution in [2.24, 2.45) is 0 Å². The molecule has 24 valence electrons. The van der Waals surface area contributed by atoms with Crippen molar-refractivity contribution in [3.05, 3.63) is 0 Å². The zero-order chi connectivity index (χ0) is 0. The normalized spacial score (nSPS) is 0. The van der Waals surface area contributed by atoms with Gasteiger partial charge in [0.1, 0.15) is 0 Å². The van der Waals surface area contributed by atoms with Crippen LogP contribution in [0.25, 0.3) is 0 Å². The van der Waals surface area contributed by atoms with Crippen LogP contribution in [0, 0.1) is 0 Å². The Bertz CT molecular complexity index is 8.00. The summed E-state index contributed by atoms with van der Waals surface area (Å²) in [6.45, 7) is 0. The fraction of sp³-hybridized carbons (Fsp3) is 0. The third-order valence-corrected chi connectivity index (χ3v) is 0. The minimum atomic E-state index is 0. The average Bonchev–Trinajstić information content (AvgIpc) is 0. The van der Waals surface area contributed by atoms with Gasteiger partial charge in [-0.05, 0) is 0 Å². The predicted octanol–water partition coefficient (Wildman–Crippen LogP) is -0.793. The summed E-state index contributed by atoms with van der Waals surface area (Å²) in [5.41, 5.74) is 0. The van der Waals surface area contributed by atoms with E-state index in [1.54, 1.807) is 0 Å². The predicted molar refractivity (Wildman–Crippen MR) is 39.8 cm³/mol. The molecule has 0 spiro atoms. The Morgan fingerprint density at radius 3 is 1.00 bits per heavy atom. The summed E-state index contributed by atoms with van der Waals surface area (Å²) in [4.78, 5) is 0. The monoisotopic (exact) mass is 328 g/mol. The fourth-order valence-corrected chi connectivity index (χ4v) is 0. The Kier molecular flexibility index (Phi) is 102. The van der Waals surface area contributed by atoms with Crippen LogP contribution in [-0.2, 0) is 0 Å². The molecule has 0 aromatic carbocycles. The van der Waals surface area contributed by atoms with E-state index in [1.165, 1.54) is 0 Å². The average molecular weight is 328 g/mol. The molecule has 0 bridgehead atoms. The molecule has 0 N–H and O–H groups in total. The van der Waals surface area contributed by atoms with E-state index in [2.05, 4.69) is 0 Å². The molecule has 0 radical (unpaired) electrons. The maximum absolute atomic E-state index is 0. The van der Waals surface area contributed by atoms with Gasteiger partial charge in [0.15, 0.2) is 17.4 Å². The van der Waals surface area contributed by atoms with Crippen molar-refractivity contribution in [1.82, 2.24) is 0 Å². The summed E-state index contributed by atoms with van der Waals surface area (Å²) in [6, 6.07) is 0. The van der Waals surface area contributed by atoms with Gasteiger partial charge >= 0.3 is 68.9 Å². The van der Waals surface area contributed by atoms with Gasteiger partial charge in [-0.15, -0.1) is 36.4 Å². The SMILES string of the molecule is Cl.I.[AlH3].[CsH]. The molecule has 0 saturated heterocycles. The fourth-order valence-electron chi connectivity index (χ4n) is 0. The van der Waals surface area contributed by atoms with E-state index in [1.807, 2.05) is 0 Å². The first-order chi connectivity index (χ1) is 0. The molecule has 0 aliphatic heterocycles. The molecule has 4 heavy (non-hydrogen) atoms. The second-order valence-corrected chi connectivity index (χ2v) is 0. The Labute approximate surface area is 119 Å². The molecule has 0 aromatic heterocycles. The number of halogens is 2. The van der Waals surface area contributed by atoms with Crippen molar-refractivity contribution in [3.63, 3.8) is 0 Å². The molecule has 0 aliphatic carbocycles. The molecule has 0 amide bonds. The quantitative estimate of drug-likeness (QED) is 0.404. The summed E-state index contributed by atoms with van der Waals surface area (Å²) in [6.07, 6.45) is 0. The molecule has 0 unspecified atom stereocenters. The van der Waals surface area contributed by atoms with E-state index >= 15 is 0 Å². The molecule has 0 aromatic rings. The Hall–Kier alpha value is 3.60. The first-order valence-electron chi connectivity index (χ1n) is 0. The Morgan fingerprint density at radius 1 is 1.00 bits per heavy atom. The van der Waals surface area contributed by atoms with Crippen molar-refractivity contribution in [2.75, 3.05) is 0 Å². The standard InChI is InChI=1S/Al.ClH.Cs.HI.4H/h;1H;;1H;;;;. The third-order valence-electron chi connectivity index (χ3n) is 0. The zero-order valence-corrected chi connectivity index (χ0v) is 3.96. The first-order valence-corrected chi connectivity index (χ1v) is 0. The second kappa shape index (κ2) is 16.0. The molecule has 4 heteroatoms. The van der Waals surface area contributed by atoms with Crippen molar-refractivity contribution in [3.8, 4) is 0 Å². The van der Waals surface area contributed by atoms with Crippen molar-refractivity contribution < 1.29 is 0 Å². The van der Waals surface area contributed by atoms with E-state index < -0.39 is 0 Å². The van der Waals surface area contributed by atoms with Gasteiger partial charge in [-0.25, -0.2) is 0 Å². The zero-order valence-electron chi connectivity index (χ0n) is 0.816. The van der Waals surface area contributed by atoms with Gasteiger partial charge in [-0.1, -0.05) is 0 Å². The second-order valence-electron chi connectivity index (χ2n) is 0. The number of rotatable bonds is 0. The molecule has 0 rings (SSSR count). The molecule has 0 nitrogen and oxygen atoms in total. The molecule has 0 fully saturated rings. The van der Waals surface area contributed by atoms with E-state index in [-0.39, 0.29) is 123 Å². The van der Waals surface area contributed by atoms with Gasteiger partial charge in [-0.3, -0.25) is 0 Å². The van der Waals surface area contributed by atoms with Gasteiger partial charge in [-0.2, -0.15) is 0 Å². The van der Waals surface area contributed by atoms with Gasteiger partial charge in [0.2, 0.25) is 0 Å². The number of hydrogen-bond donors (Lipinski definition) is 0. The van der Waals surface area contributed by atoms with E-state index in [4.69, 9.17) is 0 Å². The van der Waals surface area contributed by atoms with Gasteiger partial charge in [0.05, 0.1) is 0 Å². The van der Waals surface area contributed by atoms with Crippen molar-refractivity contribution in [1.29, 1.82) is 0 Å². The minimum absolute atomic E-state index is 0. The van der Waals surface area contributed by atoms with Crippen LogP contribution in [0.15, 0.2) is 0 Å².